The summed E-state index contributed by atoms with van der Waals surface area (Å²) >= 11 is 0. The molecular weight excluding hydrogens is 276 g/mol. The molecule has 1 aliphatic rings. The predicted octanol–water partition coefficient (Wildman–Crippen LogP) is 2.68. The fourth-order valence-electron chi connectivity index (χ4n) is 2.81. The first kappa shape index (κ1) is 18.7. The van der Waals surface area contributed by atoms with E-state index < -0.39 is 5.54 Å². The second kappa shape index (κ2) is 8.91. The average molecular weight is 306 g/mol. The van der Waals surface area contributed by atoms with Gasteiger partial charge in [-0.1, -0.05) is 26.5 Å². The van der Waals surface area contributed by atoms with Crippen molar-refractivity contribution in [1.29, 1.82) is 0 Å². The number of ether oxygens (including phenoxy) is 1. The number of nitrogens with one attached hydrogen (secondary N) is 1. The molecule has 124 valence electrons. The van der Waals surface area contributed by atoms with E-state index in [1.807, 2.05) is 40.0 Å². The Bertz CT molecular complexity index is 434. The molecule has 0 aromatic rings. The highest BCUT2D eigenvalue weighted by Crippen LogP contribution is 2.21. The molecule has 1 rings (SSSR count). The molecule has 0 aromatic carbocycles. The molecular formula is C18H30N2O2. The molecule has 1 aliphatic heterocycles. The Hall–Kier alpha value is -1.39. The maximum atomic E-state index is 12.7. The molecule has 0 aromatic heterocycles. The first-order valence-electron chi connectivity index (χ1n) is 8.14. The molecule has 0 spiro atoms. The summed E-state index contributed by atoms with van der Waals surface area (Å²) < 4.78 is 5.37. The van der Waals surface area contributed by atoms with Crippen molar-refractivity contribution in [1.82, 2.24) is 10.2 Å². The number of ketones is 1. The lowest BCUT2D eigenvalue weighted by Gasteiger charge is -2.31. The predicted molar refractivity (Wildman–Crippen MR) is 91.8 cm³/mol. The summed E-state index contributed by atoms with van der Waals surface area (Å²) in [7, 11) is 1.84. The van der Waals surface area contributed by atoms with Crippen LogP contribution in [0.15, 0.2) is 36.1 Å². The van der Waals surface area contributed by atoms with Gasteiger partial charge >= 0.3 is 0 Å². The number of likely N-dealkylation sites (N-methyl/N-ethyl adjacent to an activating group) is 1. The van der Waals surface area contributed by atoms with E-state index in [0.29, 0.717) is 5.57 Å². The normalized spacial score (nSPS) is 17.1. The zero-order valence-corrected chi connectivity index (χ0v) is 14.4. The summed E-state index contributed by atoms with van der Waals surface area (Å²) in [5.74, 6) is 0.0775. The first-order chi connectivity index (χ1) is 10.5. The summed E-state index contributed by atoms with van der Waals surface area (Å²) in [5.41, 5.74) is 1.15. The molecule has 1 heterocycles. The minimum atomic E-state index is -0.503. The molecule has 0 amide bonds. The number of hydrogen-bond acceptors (Lipinski definition) is 4. The van der Waals surface area contributed by atoms with Gasteiger partial charge in [0.2, 0.25) is 0 Å². The number of allylic oxidation sites excluding steroid dienone is 3. The zero-order valence-electron chi connectivity index (χ0n) is 14.4. The van der Waals surface area contributed by atoms with E-state index in [0.717, 1.165) is 44.8 Å². The molecule has 4 nitrogen and oxygen atoms in total. The molecule has 0 bridgehead atoms. The highest BCUT2D eigenvalue weighted by Gasteiger charge is 2.33. The van der Waals surface area contributed by atoms with Crippen LogP contribution in [0.5, 0.6) is 0 Å². The van der Waals surface area contributed by atoms with E-state index in [4.69, 9.17) is 4.74 Å². The fraction of sp³-hybridized carbons (Fsp3) is 0.611. The summed E-state index contributed by atoms with van der Waals surface area (Å²) in [6.07, 6.45) is 7.39. The molecule has 1 saturated heterocycles. The smallest absolute Gasteiger partial charge is 0.182 e. The Balaban J connectivity index is 2.79. The van der Waals surface area contributed by atoms with Crippen LogP contribution in [0, 0.1) is 0 Å². The van der Waals surface area contributed by atoms with E-state index in [2.05, 4.69) is 22.9 Å². The summed E-state index contributed by atoms with van der Waals surface area (Å²) in [4.78, 5) is 14.9. The van der Waals surface area contributed by atoms with Gasteiger partial charge in [-0.05, 0) is 39.0 Å². The maximum absolute atomic E-state index is 12.7. The Morgan fingerprint density at radius 3 is 2.32 bits per heavy atom. The number of morpholine rings is 1. The number of Topliss-reactive ketones (excluding diaryl/α,β-unsaturated/α-hetero) is 1. The van der Waals surface area contributed by atoms with Crippen LogP contribution in [-0.4, -0.2) is 49.6 Å². The topological polar surface area (TPSA) is 41.6 Å². The third-order valence-corrected chi connectivity index (χ3v) is 4.54. The molecule has 22 heavy (non-hydrogen) atoms. The van der Waals surface area contributed by atoms with E-state index in [1.54, 1.807) is 0 Å². The number of hydrogen-bond donors (Lipinski definition) is 1. The van der Waals surface area contributed by atoms with Crippen LogP contribution in [0.3, 0.4) is 0 Å². The summed E-state index contributed by atoms with van der Waals surface area (Å²) in [6, 6.07) is 0. The van der Waals surface area contributed by atoms with Crippen molar-refractivity contribution < 1.29 is 9.53 Å². The molecule has 0 radical (unpaired) electrons. The van der Waals surface area contributed by atoms with Gasteiger partial charge in [0.15, 0.2) is 5.78 Å². The quantitative estimate of drug-likeness (QED) is 0.553. The minimum absolute atomic E-state index is 0.0775. The SMILES string of the molecule is C=C(/C=C\C(=C/C)N1CCOCC1)C(=O)C(CC)(CC)NC. The molecule has 0 aliphatic carbocycles. The van der Waals surface area contributed by atoms with Gasteiger partial charge in [0, 0.05) is 24.4 Å². The second-order valence-corrected chi connectivity index (χ2v) is 5.54. The Labute approximate surface area is 134 Å². The number of rotatable bonds is 8. The van der Waals surface area contributed by atoms with Crippen molar-refractivity contribution in [3.63, 3.8) is 0 Å². The second-order valence-electron chi connectivity index (χ2n) is 5.54. The largest absolute Gasteiger partial charge is 0.378 e. The van der Waals surface area contributed by atoms with Crippen LogP contribution in [-0.2, 0) is 9.53 Å². The van der Waals surface area contributed by atoms with Gasteiger partial charge in [0.1, 0.15) is 0 Å². The van der Waals surface area contributed by atoms with Crippen LogP contribution in [0.4, 0.5) is 0 Å². The van der Waals surface area contributed by atoms with E-state index in [9.17, 15) is 4.79 Å². The molecule has 1 fully saturated rings. The van der Waals surface area contributed by atoms with Crippen LogP contribution < -0.4 is 5.32 Å². The van der Waals surface area contributed by atoms with Crippen molar-refractivity contribution in [3.8, 4) is 0 Å². The number of carbonyl (C=O) groups excluding carboxylic acids is 1. The molecule has 0 atom stereocenters. The highest BCUT2D eigenvalue weighted by atomic mass is 16.5. The molecule has 4 heteroatoms. The lowest BCUT2D eigenvalue weighted by Crippen LogP contribution is -2.49. The molecule has 0 saturated carbocycles. The number of nitrogens with zero attached hydrogens (tertiary/aromatic N) is 1. The zero-order chi connectivity index (χ0) is 16.6. The van der Waals surface area contributed by atoms with Crippen LogP contribution in [0.2, 0.25) is 0 Å². The summed E-state index contributed by atoms with van der Waals surface area (Å²) in [6.45, 7) is 13.3. The lowest BCUT2D eigenvalue weighted by molar-refractivity contribution is -0.121. The van der Waals surface area contributed by atoms with Crippen molar-refractivity contribution in [2.75, 3.05) is 33.4 Å². The number of carbonyl (C=O) groups is 1. The van der Waals surface area contributed by atoms with Gasteiger partial charge in [-0.2, -0.15) is 0 Å². The van der Waals surface area contributed by atoms with Crippen LogP contribution >= 0.6 is 0 Å². The monoisotopic (exact) mass is 306 g/mol. The highest BCUT2D eigenvalue weighted by molar-refractivity contribution is 6.04. The first-order valence-corrected chi connectivity index (χ1v) is 8.14. The van der Waals surface area contributed by atoms with Gasteiger partial charge in [-0.15, -0.1) is 0 Å². The van der Waals surface area contributed by atoms with Crippen LogP contribution in [0.25, 0.3) is 0 Å². The van der Waals surface area contributed by atoms with Gasteiger partial charge in [0.05, 0.1) is 18.8 Å². The van der Waals surface area contributed by atoms with Crippen molar-refractivity contribution in [2.45, 2.75) is 39.2 Å². The lowest BCUT2D eigenvalue weighted by atomic mass is 9.84. The third kappa shape index (κ3) is 4.31. The fourth-order valence-corrected chi connectivity index (χ4v) is 2.81. The average Bonchev–Trinajstić information content (AvgIpc) is 2.58. The third-order valence-electron chi connectivity index (χ3n) is 4.54. The van der Waals surface area contributed by atoms with Crippen molar-refractivity contribution >= 4 is 5.78 Å². The van der Waals surface area contributed by atoms with E-state index in [-0.39, 0.29) is 5.78 Å². The maximum Gasteiger partial charge on any atom is 0.182 e. The van der Waals surface area contributed by atoms with Gasteiger partial charge in [-0.25, -0.2) is 0 Å². The Morgan fingerprint density at radius 1 is 1.27 bits per heavy atom. The Kier molecular flexibility index (Phi) is 7.56. The van der Waals surface area contributed by atoms with E-state index >= 15 is 0 Å². The van der Waals surface area contributed by atoms with Gasteiger partial charge in [-0.3, -0.25) is 4.79 Å². The Morgan fingerprint density at radius 2 is 1.86 bits per heavy atom. The minimum Gasteiger partial charge on any atom is -0.378 e. The summed E-state index contributed by atoms with van der Waals surface area (Å²) in [5, 5.41) is 3.17. The van der Waals surface area contributed by atoms with Gasteiger partial charge in [0.25, 0.3) is 0 Å². The van der Waals surface area contributed by atoms with Crippen molar-refractivity contribution in [3.05, 3.63) is 36.1 Å². The van der Waals surface area contributed by atoms with Gasteiger partial charge < -0.3 is 15.0 Å². The molecule has 1 N–H and O–H groups in total. The van der Waals surface area contributed by atoms with Crippen LogP contribution in [0.1, 0.15) is 33.6 Å². The van der Waals surface area contributed by atoms with Crippen molar-refractivity contribution in [2.24, 2.45) is 0 Å². The van der Waals surface area contributed by atoms with E-state index in [1.165, 1.54) is 0 Å². The molecule has 0 unspecified atom stereocenters. The standard InChI is InChI=1S/C18H30N2O2/c1-6-16(20-11-13-22-14-12-20)10-9-15(4)17(21)18(7-2,8-3)19-5/h6,9-10,19H,4,7-8,11-14H2,1-3,5H3/b10-9-,16-6+.